The van der Waals surface area contributed by atoms with Crippen molar-refractivity contribution in [3.8, 4) is 5.75 Å². The Bertz CT molecular complexity index is 451. The third kappa shape index (κ3) is 4.80. The predicted molar refractivity (Wildman–Crippen MR) is 83.1 cm³/mol. The molecule has 0 bridgehead atoms. The van der Waals surface area contributed by atoms with Gasteiger partial charge in [0.15, 0.2) is 6.10 Å². The van der Waals surface area contributed by atoms with Crippen molar-refractivity contribution in [1.29, 1.82) is 0 Å². The van der Waals surface area contributed by atoms with Gasteiger partial charge in [-0.2, -0.15) is 0 Å². The molecule has 112 valence electrons. The Hall–Kier alpha value is -1.07. The molecule has 0 aliphatic heterocycles. The van der Waals surface area contributed by atoms with Gasteiger partial charge >= 0.3 is 5.97 Å². The zero-order valence-electron chi connectivity index (χ0n) is 11.9. The van der Waals surface area contributed by atoms with Crippen molar-refractivity contribution in [1.82, 2.24) is 0 Å². The molecule has 4 nitrogen and oxygen atoms in total. The summed E-state index contributed by atoms with van der Waals surface area (Å²) in [6.07, 6.45) is 1.95. The monoisotopic (exact) mass is 343 g/mol. The van der Waals surface area contributed by atoms with Crippen molar-refractivity contribution >= 4 is 21.9 Å². The van der Waals surface area contributed by atoms with Crippen LogP contribution in [0.1, 0.15) is 38.7 Å². The summed E-state index contributed by atoms with van der Waals surface area (Å²) < 4.78 is 6.49. The van der Waals surface area contributed by atoms with Crippen LogP contribution in [0.4, 0.5) is 0 Å². The smallest absolute Gasteiger partial charge is 0.344 e. The summed E-state index contributed by atoms with van der Waals surface area (Å²) in [5.41, 5.74) is 6.93. The lowest BCUT2D eigenvalue weighted by molar-refractivity contribution is -0.145. The van der Waals surface area contributed by atoms with Crippen molar-refractivity contribution in [2.24, 2.45) is 5.73 Å². The van der Waals surface area contributed by atoms with E-state index < -0.39 is 12.1 Å². The second-order valence-corrected chi connectivity index (χ2v) is 5.69. The molecule has 0 saturated carbocycles. The Labute approximate surface area is 128 Å². The lowest BCUT2D eigenvalue weighted by Gasteiger charge is -2.20. The molecule has 1 aromatic carbocycles. The second-order valence-electron chi connectivity index (χ2n) is 4.83. The minimum absolute atomic E-state index is 0.0427. The van der Waals surface area contributed by atoms with Gasteiger partial charge in [-0.05, 0) is 46.8 Å². The molecule has 0 aromatic heterocycles. The maximum atomic E-state index is 11.2. The van der Waals surface area contributed by atoms with Crippen LogP contribution in [-0.4, -0.2) is 23.2 Å². The molecule has 0 amide bonds. The van der Waals surface area contributed by atoms with Crippen molar-refractivity contribution in [2.75, 3.05) is 0 Å². The highest BCUT2D eigenvalue weighted by Gasteiger charge is 2.21. The maximum Gasteiger partial charge on any atom is 0.344 e. The van der Waals surface area contributed by atoms with Crippen molar-refractivity contribution in [3.05, 3.63) is 28.2 Å². The van der Waals surface area contributed by atoms with Crippen molar-refractivity contribution in [2.45, 2.75) is 51.7 Å². The molecule has 3 N–H and O–H groups in total. The van der Waals surface area contributed by atoms with Gasteiger partial charge in [0.25, 0.3) is 0 Å². The first-order chi connectivity index (χ1) is 9.49. The molecular formula is C15H22BrNO3. The van der Waals surface area contributed by atoms with Crippen molar-refractivity contribution < 1.29 is 14.6 Å². The quantitative estimate of drug-likeness (QED) is 0.758. The lowest BCUT2D eigenvalue weighted by Crippen LogP contribution is -2.28. The van der Waals surface area contributed by atoms with Gasteiger partial charge in [0.2, 0.25) is 0 Å². The fraction of sp³-hybridized carbons (Fsp3) is 0.533. The van der Waals surface area contributed by atoms with Crippen LogP contribution in [0.5, 0.6) is 5.75 Å². The Morgan fingerprint density at radius 3 is 2.70 bits per heavy atom. The highest BCUT2D eigenvalue weighted by atomic mass is 79.9. The van der Waals surface area contributed by atoms with E-state index >= 15 is 0 Å². The normalized spacial score (nSPS) is 13.8. The van der Waals surface area contributed by atoms with E-state index in [1.807, 2.05) is 32.0 Å². The zero-order chi connectivity index (χ0) is 15.1. The van der Waals surface area contributed by atoms with Crippen LogP contribution < -0.4 is 10.5 Å². The van der Waals surface area contributed by atoms with E-state index in [2.05, 4.69) is 15.9 Å². The summed E-state index contributed by atoms with van der Waals surface area (Å²) in [6, 6.07) is 5.73. The van der Waals surface area contributed by atoms with Gasteiger partial charge in [-0.3, -0.25) is 0 Å². The molecule has 0 aliphatic rings. The topological polar surface area (TPSA) is 72.5 Å². The van der Waals surface area contributed by atoms with E-state index in [1.54, 1.807) is 0 Å². The number of carboxylic acids is 1. The number of hydrogen-bond acceptors (Lipinski definition) is 3. The fourth-order valence-electron chi connectivity index (χ4n) is 1.91. The summed E-state index contributed by atoms with van der Waals surface area (Å²) in [6.45, 7) is 3.97. The van der Waals surface area contributed by atoms with Crippen LogP contribution >= 0.6 is 15.9 Å². The summed E-state index contributed by atoms with van der Waals surface area (Å²) in [7, 11) is 0. The van der Waals surface area contributed by atoms with Gasteiger partial charge in [-0.15, -0.1) is 0 Å². The largest absolute Gasteiger partial charge is 0.479 e. The van der Waals surface area contributed by atoms with Gasteiger partial charge in [0.05, 0.1) is 4.47 Å². The molecule has 0 aliphatic carbocycles. The summed E-state index contributed by atoms with van der Waals surface area (Å²) in [5.74, 6) is -0.342. The molecule has 1 rings (SSSR count). The number of hydrogen-bond donors (Lipinski definition) is 2. The van der Waals surface area contributed by atoms with Crippen LogP contribution in [0.3, 0.4) is 0 Å². The minimum atomic E-state index is -0.937. The number of carbonyl (C=O) groups is 1. The molecular weight excluding hydrogens is 322 g/mol. The number of carboxylic acid groups (broad SMARTS) is 1. The van der Waals surface area contributed by atoms with Crippen LogP contribution in [0.25, 0.3) is 0 Å². The van der Waals surface area contributed by atoms with Gasteiger partial charge < -0.3 is 15.6 Å². The number of nitrogens with two attached hydrogens (primary N) is 1. The van der Waals surface area contributed by atoms with Crippen LogP contribution in [0, 0.1) is 0 Å². The molecule has 2 unspecified atom stereocenters. The van der Waals surface area contributed by atoms with Crippen molar-refractivity contribution in [3.63, 3.8) is 0 Å². The van der Waals surface area contributed by atoms with E-state index in [0.29, 0.717) is 18.6 Å². The van der Waals surface area contributed by atoms with Crippen LogP contribution in [0.2, 0.25) is 0 Å². The Balaban J connectivity index is 2.99. The fourth-order valence-corrected chi connectivity index (χ4v) is 2.41. The molecule has 0 saturated heterocycles. The second kappa shape index (κ2) is 8.27. The highest BCUT2D eigenvalue weighted by molar-refractivity contribution is 9.10. The van der Waals surface area contributed by atoms with E-state index in [4.69, 9.17) is 10.5 Å². The van der Waals surface area contributed by atoms with Crippen LogP contribution in [-0.2, 0) is 11.2 Å². The van der Waals surface area contributed by atoms with Crippen LogP contribution in [0.15, 0.2) is 22.7 Å². The summed E-state index contributed by atoms with van der Waals surface area (Å²) >= 11 is 3.43. The third-order valence-electron chi connectivity index (χ3n) is 3.14. The average molecular weight is 344 g/mol. The van der Waals surface area contributed by atoms with Gasteiger partial charge in [0, 0.05) is 6.04 Å². The molecule has 0 fully saturated rings. The molecule has 20 heavy (non-hydrogen) atoms. The van der Waals surface area contributed by atoms with E-state index in [9.17, 15) is 9.90 Å². The molecule has 0 radical (unpaired) electrons. The van der Waals surface area contributed by atoms with Gasteiger partial charge in [0.1, 0.15) is 5.75 Å². The first-order valence-electron chi connectivity index (χ1n) is 6.92. The van der Waals surface area contributed by atoms with E-state index in [-0.39, 0.29) is 6.04 Å². The summed E-state index contributed by atoms with van der Waals surface area (Å²) in [5, 5.41) is 9.21. The molecule has 0 heterocycles. The number of rotatable bonds is 8. The SMILES string of the molecule is CCCC(Oc1c(Br)cccc1CC(N)CC)C(=O)O. The number of halogens is 1. The number of ether oxygens (including phenoxy) is 1. The number of benzene rings is 1. The lowest BCUT2D eigenvalue weighted by atomic mass is 10.0. The minimum Gasteiger partial charge on any atom is -0.479 e. The standard InChI is InChI=1S/C15H22BrNO3/c1-3-6-13(15(18)19)20-14-10(9-11(17)4-2)7-5-8-12(14)16/h5,7-8,11,13H,3-4,6,9,17H2,1-2H3,(H,18,19). The average Bonchev–Trinajstić information content (AvgIpc) is 2.41. The highest BCUT2D eigenvalue weighted by Crippen LogP contribution is 2.31. The predicted octanol–water partition coefficient (Wildman–Crippen LogP) is 3.36. The first-order valence-corrected chi connectivity index (χ1v) is 7.71. The maximum absolute atomic E-state index is 11.2. The molecule has 1 aromatic rings. The van der Waals surface area contributed by atoms with E-state index in [0.717, 1.165) is 22.9 Å². The van der Waals surface area contributed by atoms with E-state index in [1.165, 1.54) is 0 Å². The Morgan fingerprint density at radius 1 is 1.45 bits per heavy atom. The Morgan fingerprint density at radius 2 is 2.15 bits per heavy atom. The molecule has 2 atom stereocenters. The number of aliphatic carboxylic acids is 1. The van der Waals surface area contributed by atoms with Gasteiger partial charge in [-0.1, -0.05) is 32.4 Å². The molecule has 5 heteroatoms. The number of para-hydroxylation sites is 1. The first kappa shape index (κ1) is 17.0. The Kier molecular flexibility index (Phi) is 7.02. The van der Waals surface area contributed by atoms with Gasteiger partial charge in [-0.25, -0.2) is 4.79 Å². The third-order valence-corrected chi connectivity index (χ3v) is 3.77. The summed E-state index contributed by atoms with van der Waals surface area (Å²) in [4.78, 5) is 11.2. The molecule has 0 spiro atoms. The zero-order valence-corrected chi connectivity index (χ0v) is 13.5.